The highest BCUT2D eigenvalue weighted by Gasteiger charge is 2.11. The van der Waals surface area contributed by atoms with Gasteiger partial charge in [0.25, 0.3) is 0 Å². The quantitative estimate of drug-likeness (QED) is 0.867. The predicted molar refractivity (Wildman–Crippen MR) is 84.4 cm³/mol. The molecule has 0 aliphatic rings. The van der Waals surface area contributed by atoms with Crippen molar-refractivity contribution in [3.63, 3.8) is 0 Å². The molecule has 21 heavy (non-hydrogen) atoms. The van der Waals surface area contributed by atoms with Crippen LogP contribution in [-0.2, 0) is 12.8 Å². The fourth-order valence-electron chi connectivity index (χ4n) is 2.02. The first-order valence-corrected chi connectivity index (χ1v) is 7.55. The summed E-state index contributed by atoms with van der Waals surface area (Å²) in [6, 6.07) is 6.61. The molecule has 0 amide bonds. The van der Waals surface area contributed by atoms with Crippen LogP contribution in [0.1, 0.15) is 37.4 Å². The van der Waals surface area contributed by atoms with Crippen LogP contribution in [0.4, 0.5) is 10.2 Å². The second kappa shape index (κ2) is 7.36. The van der Waals surface area contributed by atoms with Gasteiger partial charge in [-0.05, 0) is 25.0 Å². The van der Waals surface area contributed by atoms with E-state index < -0.39 is 0 Å². The molecule has 0 saturated heterocycles. The first-order valence-electron chi connectivity index (χ1n) is 7.17. The third-order valence-corrected chi connectivity index (χ3v) is 3.49. The second-order valence-electron chi connectivity index (χ2n) is 4.82. The van der Waals surface area contributed by atoms with Gasteiger partial charge >= 0.3 is 0 Å². The Hall–Kier alpha value is -1.68. The van der Waals surface area contributed by atoms with Crippen LogP contribution in [-0.4, -0.2) is 16.5 Å². The number of benzene rings is 1. The first kappa shape index (κ1) is 15.7. The highest BCUT2D eigenvalue weighted by molar-refractivity contribution is 6.31. The van der Waals surface area contributed by atoms with E-state index in [9.17, 15) is 4.39 Å². The number of nitrogens with zero attached hydrogens (tertiary/aromatic N) is 2. The van der Waals surface area contributed by atoms with Crippen LogP contribution >= 0.6 is 11.6 Å². The van der Waals surface area contributed by atoms with Crippen LogP contribution in [0.2, 0.25) is 5.02 Å². The van der Waals surface area contributed by atoms with Crippen molar-refractivity contribution in [1.82, 2.24) is 9.97 Å². The SMILES string of the molecule is CCCNc1cc(CC)nc(Cc2c(F)cccc2Cl)n1. The van der Waals surface area contributed by atoms with Gasteiger partial charge in [0, 0.05) is 35.3 Å². The molecular weight excluding hydrogens is 289 g/mol. The molecule has 0 spiro atoms. The molecule has 1 N–H and O–H groups in total. The number of aryl methyl sites for hydroxylation is 1. The summed E-state index contributed by atoms with van der Waals surface area (Å²) in [5.74, 6) is 1.04. The predicted octanol–water partition coefficient (Wildman–Crippen LogP) is 4.24. The van der Waals surface area contributed by atoms with Gasteiger partial charge in [0.15, 0.2) is 0 Å². The Labute approximate surface area is 129 Å². The van der Waals surface area contributed by atoms with Gasteiger partial charge in [-0.1, -0.05) is 31.5 Å². The first-order chi connectivity index (χ1) is 10.1. The number of hydrogen-bond donors (Lipinski definition) is 1. The second-order valence-corrected chi connectivity index (χ2v) is 5.23. The van der Waals surface area contributed by atoms with Gasteiger partial charge in [-0.2, -0.15) is 0 Å². The van der Waals surface area contributed by atoms with Crippen molar-refractivity contribution in [3.05, 3.63) is 52.2 Å². The monoisotopic (exact) mass is 307 g/mol. The van der Waals surface area contributed by atoms with Gasteiger partial charge in [0.1, 0.15) is 17.5 Å². The molecule has 3 nitrogen and oxygen atoms in total. The van der Waals surface area contributed by atoms with Gasteiger partial charge in [-0.25, -0.2) is 14.4 Å². The summed E-state index contributed by atoms with van der Waals surface area (Å²) in [5, 5.41) is 3.65. The minimum atomic E-state index is -0.323. The van der Waals surface area contributed by atoms with Crippen molar-refractivity contribution >= 4 is 17.4 Å². The standard InChI is InChI=1S/C16H19ClFN3/c1-3-8-19-15-9-11(4-2)20-16(21-15)10-12-13(17)6-5-7-14(12)18/h5-7,9H,3-4,8,10H2,1-2H3,(H,19,20,21). The average Bonchev–Trinajstić information content (AvgIpc) is 2.49. The van der Waals surface area contributed by atoms with Gasteiger partial charge in [-0.3, -0.25) is 0 Å². The molecule has 1 aromatic heterocycles. The highest BCUT2D eigenvalue weighted by atomic mass is 35.5. The third-order valence-electron chi connectivity index (χ3n) is 3.14. The highest BCUT2D eigenvalue weighted by Crippen LogP contribution is 2.22. The molecule has 0 bridgehead atoms. The van der Waals surface area contributed by atoms with Crippen LogP contribution in [0.5, 0.6) is 0 Å². The summed E-state index contributed by atoms with van der Waals surface area (Å²) in [6.07, 6.45) is 2.11. The van der Waals surface area contributed by atoms with E-state index in [4.69, 9.17) is 11.6 Å². The third kappa shape index (κ3) is 4.14. The Morgan fingerprint density at radius 2 is 2.05 bits per heavy atom. The van der Waals surface area contributed by atoms with Crippen LogP contribution in [0.3, 0.4) is 0 Å². The summed E-state index contributed by atoms with van der Waals surface area (Å²) in [4.78, 5) is 8.91. The summed E-state index contributed by atoms with van der Waals surface area (Å²) in [6.45, 7) is 4.97. The van der Waals surface area contributed by atoms with Crippen molar-refractivity contribution in [2.24, 2.45) is 0 Å². The molecule has 0 fully saturated rings. The molecule has 0 aliphatic heterocycles. The Morgan fingerprint density at radius 1 is 1.24 bits per heavy atom. The zero-order valence-corrected chi connectivity index (χ0v) is 13.0. The van der Waals surface area contributed by atoms with E-state index >= 15 is 0 Å². The van der Waals surface area contributed by atoms with Crippen molar-refractivity contribution in [1.29, 1.82) is 0 Å². The van der Waals surface area contributed by atoms with Crippen LogP contribution in [0.15, 0.2) is 24.3 Å². The zero-order chi connectivity index (χ0) is 15.2. The summed E-state index contributed by atoms with van der Waals surface area (Å²) < 4.78 is 13.9. The van der Waals surface area contributed by atoms with Crippen LogP contribution < -0.4 is 5.32 Å². The lowest BCUT2D eigenvalue weighted by molar-refractivity contribution is 0.612. The average molecular weight is 308 g/mol. The molecule has 112 valence electrons. The summed E-state index contributed by atoms with van der Waals surface area (Å²) in [5.41, 5.74) is 1.37. The van der Waals surface area contributed by atoms with Crippen molar-refractivity contribution in [2.75, 3.05) is 11.9 Å². The topological polar surface area (TPSA) is 37.8 Å². The van der Waals surface area contributed by atoms with Crippen molar-refractivity contribution in [3.8, 4) is 0 Å². The Morgan fingerprint density at radius 3 is 2.71 bits per heavy atom. The maximum absolute atomic E-state index is 13.9. The molecule has 1 heterocycles. The van der Waals surface area contributed by atoms with E-state index in [0.29, 0.717) is 22.8 Å². The molecule has 0 saturated carbocycles. The molecule has 0 atom stereocenters. The maximum Gasteiger partial charge on any atom is 0.135 e. The van der Waals surface area contributed by atoms with Crippen LogP contribution in [0, 0.1) is 5.82 Å². The largest absolute Gasteiger partial charge is 0.370 e. The molecule has 0 unspecified atom stereocenters. The van der Waals surface area contributed by atoms with Crippen molar-refractivity contribution < 1.29 is 4.39 Å². The molecule has 1 aromatic carbocycles. The zero-order valence-electron chi connectivity index (χ0n) is 12.3. The Kier molecular flexibility index (Phi) is 5.51. The molecule has 2 aromatic rings. The van der Waals surface area contributed by atoms with Gasteiger partial charge < -0.3 is 5.32 Å². The molecule has 5 heteroatoms. The van der Waals surface area contributed by atoms with E-state index in [-0.39, 0.29) is 5.82 Å². The Bertz CT molecular complexity index is 596. The number of anilines is 1. The summed E-state index contributed by atoms with van der Waals surface area (Å²) in [7, 11) is 0. The number of rotatable bonds is 6. The molecule has 2 rings (SSSR count). The van der Waals surface area contributed by atoms with Gasteiger partial charge in [0.2, 0.25) is 0 Å². The van der Waals surface area contributed by atoms with E-state index in [0.717, 1.165) is 30.9 Å². The minimum Gasteiger partial charge on any atom is -0.370 e. The lowest BCUT2D eigenvalue weighted by Crippen LogP contribution is -2.08. The van der Waals surface area contributed by atoms with Gasteiger partial charge in [0.05, 0.1) is 0 Å². The lowest BCUT2D eigenvalue weighted by atomic mass is 10.1. The molecule has 0 aliphatic carbocycles. The van der Waals surface area contributed by atoms with E-state index in [1.54, 1.807) is 12.1 Å². The Balaban J connectivity index is 2.30. The smallest absolute Gasteiger partial charge is 0.135 e. The fourth-order valence-corrected chi connectivity index (χ4v) is 2.25. The summed E-state index contributed by atoms with van der Waals surface area (Å²) >= 11 is 6.07. The molecule has 0 radical (unpaired) electrons. The maximum atomic E-state index is 13.9. The van der Waals surface area contributed by atoms with Crippen LogP contribution in [0.25, 0.3) is 0 Å². The number of hydrogen-bond acceptors (Lipinski definition) is 3. The fraction of sp³-hybridized carbons (Fsp3) is 0.375. The number of aromatic nitrogens is 2. The lowest BCUT2D eigenvalue weighted by Gasteiger charge is -2.10. The van der Waals surface area contributed by atoms with E-state index in [2.05, 4.69) is 22.2 Å². The number of halogens is 2. The van der Waals surface area contributed by atoms with Gasteiger partial charge in [-0.15, -0.1) is 0 Å². The number of nitrogens with one attached hydrogen (secondary N) is 1. The molecular formula is C16H19ClFN3. The van der Waals surface area contributed by atoms with Crippen molar-refractivity contribution in [2.45, 2.75) is 33.1 Å². The normalized spacial score (nSPS) is 10.7. The van der Waals surface area contributed by atoms with E-state index in [1.165, 1.54) is 6.07 Å². The van der Waals surface area contributed by atoms with E-state index in [1.807, 2.05) is 13.0 Å². The minimum absolute atomic E-state index is 0.292.